The van der Waals surface area contributed by atoms with E-state index in [9.17, 15) is 0 Å². The summed E-state index contributed by atoms with van der Waals surface area (Å²) in [4.78, 5) is 2.38. The lowest BCUT2D eigenvalue weighted by Crippen LogP contribution is -2.09. The van der Waals surface area contributed by atoms with Crippen molar-refractivity contribution in [3.8, 4) is 39.1 Å². The first-order valence-electron chi connectivity index (χ1n) is 19.4. The maximum absolute atomic E-state index is 2.39. The van der Waals surface area contributed by atoms with Crippen molar-refractivity contribution in [3.05, 3.63) is 218 Å². The fourth-order valence-corrected chi connectivity index (χ4v) is 9.66. The zero-order chi connectivity index (χ0) is 37.7. The highest BCUT2D eigenvalue weighted by Gasteiger charge is 2.18. The SMILES string of the molecule is c1ccc(-c2ccc(N(c3ccc(-c4cccc(-c5cccc6c5c5ccccc5n6-c5ccccc5)c4)cc3)c3ccc4c(c3)sc3ccccc34)cc2)cc1. The molecule has 0 fully saturated rings. The zero-order valence-corrected chi connectivity index (χ0v) is 31.9. The summed E-state index contributed by atoms with van der Waals surface area (Å²) in [6.45, 7) is 0. The largest absolute Gasteiger partial charge is 0.310 e. The van der Waals surface area contributed by atoms with Gasteiger partial charge in [0.05, 0.1) is 11.0 Å². The topological polar surface area (TPSA) is 8.17 Å². The van der Waals surface area contributed by atoms with Crippen LogP contribution in [0.15, 0.2) is 218 Å². The molecule has 0 amide bonds. The van der Waals surface area contributed by atoms with E-state index in [1.807, 2.05) is 11.3 Å². The molecule has 0 radical (unpaired) electrons. The smallest absolute Gasteiger partial charge is 0.0547 e. The standard InChI is InChI=1S/C54H36N2S/c1-3-13-37(14-4-1)38-25-29-43(30-26-38)55(45-33-34-48-47-19-8-10-24-52(47)57-53(48)36-45)44-31-27-39(28-32-44)40-15-11-16-41(35-40)46-21-12-23-51-54(46)49-20-7-9-22-50(49)56(51)42-17-5-2-6-18-42/h1-36H. The van der Waals surface area contributed by atoms with Crippen LogP contribution < -0.4 is 4.90 Å². The molecule has 0 N–H and O–H groups in total. The molecule has 0 atom stereocenters. The van der Waals surface area contributed by atoms with Crippen molar-refractivity contribution in [2.45, 2.75) is 0 Å². The van der Waals surface area contributed by atoms with Crippen LogP contribution in [0.4, 0.5) is 17.1 Å². The van der Waals surface area contributed by atoms with Crippen LogP contribution in [0.2, 0.25) is 0 Å². The Kier molecular flexibility index (Phi) is 8.04. The molecule has 3 heteroatoms. The first-order chi connectivity index (χ1) is 28.3. The normalized spacial score (nSPS) is 11.5. The highest BCUT2D eigenvalue weighted by Crippen LogP contribution is 2.43. The van der Waals surface area contributed by atoms with Gasteiger partial charge in [0.15, 0.2) is 0 Å². The van der Waals surface area contributed by atoms with Crippen LogP contribution in [-0.4, -0.2) is 4.57 Å². The molecule has 9 aromatic carbocycles. The summed E-state index contributed by atoms with van der Waals surface area (Å²) in [5.41, 5.74) is 14.2. The van der Waals surface area contributed by atoms with Crippen molar-refractivity contribution in [2.24, 2.45) is 0 Å². The summed E-state index contributed by atoms with van der Waals surface area (Å²) in [6, 6.07) is 79.3. The molecule has 0 bridgehead atoms. The van der Waals surface area contributed by atoms with Crippen LogP contribution in [0.5, 0.6) is 0 Å². The van der Waals surface area contributed by atoms with Crippen LogP contribution in [0.3, 0.4) is 0 Å². The van der Waals surface area contributed by atoms with Crippen molar-refractivity contribution < 1.29 is 0 Å². The first-order valence-corrected chi connectivity index (χ1v) is 20.2. The number of thiophene rings is 1. The Labute approximate surface area is 335 Å². The molecule has 2 heterocycles. The summed E-state index contributed by atoms with van der Waals surface area (Å²) in [5.74, 6) is 0. The molecule has 57 heavy (non-hydrogen) atoms. The zero-order valence-electron chi connectivity index (χ0n) is 31.1. The minimum Gasteiger partial charge on any atom is -0.310 e. The number of hydrogen-bond donors (Lipinski definition) is 0. The van der Waals surface area contributed by atoms with Gasteiger partial charge in [0, 0.05) is 53.7 Å². The summed E-state index contributed by atoms with van der Waals surface area (Å²) in [7, 11) is 0. The summed E-state index contributed by atoms with van der Waals surface area (Å²) >= 11 is 1.86. The van der Waals surface area contributed by atoms with Crippen molar-refractivity contribution >= 4 is 70.4 Å². The van der Waals surface area contributed by atoms with E-state index >= 15 is 0 Å². The molecule has 0 saturated carbocycles. The Morgan fingerprint density at radius 1 is 0.333 bits per heavy atom. The van der Waals surface area contributed by atoms with Crippen LogP contribution in [0.1, 0.15) is 0 Å². The van der Waals surface area contributed by atoms with Gasteiger partial charge in [-0.2, -0.15) is 0 Å². The Morgan fingerprint density at radius 3 is 1.65 bits per heavy atom. The number of aromatic nitrogens is 1. The molecule has 0 aliphatic rings. The molecule has 2 aromatic heterocycles. The van der Waals surface area contributed by atoms with E-state index in [-0.39, 0.29) is 0 Å². The van der Waals surface area contributed by atoms with E-state index in [1.165, 1.54) is 81.0 Å². The highest BCUT2D eigenvalue weighted by atomic mass is 32.1. The van der Waals surface area contributed by atoms with Crippen molar-refractivity contribution in [2.75, 3.05) is 4.90 Å². The number of fused-ring (bicyclic) bond motifs is 6. The van der Waals surface area contributed by atoms with E-state index in [0.717, 1.165) is 17.1 Å². The predicted octanol–water partition coefficient (Wildman–Crippen LogP) is 15.6. The molecule has 0 aliphatic heterocycles. The third kappa shape index (κ3) is 5.80. The lowest BCUT2D eigenvalue weighted by Gasteiger charge is -2.26. The second-order valence-electron chi connectivity index (χ2n) is 14.5. The lowest BCUT2D eigenvalue weighted by molar-refractivity contribution is 1.18. The maximum Gasteiger partial charge on any atom is 0.0547 e. The van der Waals surface area contributed by atoms with E-state index in [2.05, 4.69) is 228 Å². The third-order valence-corrected chi connectivity index (χ3v) is 12.3. The predicted molar refractivity (Wildman–Crippen MR) is 245 cm³/mol. The third-order valence-electron chi connectivity index (χ3n) is 11.2. The van der Waals surface area contributed by atoms with Crippen LogP contribution in [-0.2, 0) is 0 Å². The second-order valence-corrected chi connectivity index (χ2v) is 15.6. The van der Waals surface area contributed by atoms with E-state index < -0.39 is 0 Å². The van der Waals surface area contributed by atoms with Gasteiger partial charge in [-0.1, -0.05) is 146 Å². The summed E-state index contributed by atoms with van der Waals surface area (Å²) < 4.78 is 4.99. The Bertz CT molecular complexity index is 3210. The minimum absolute atomic E-state index is 1.11. The van der Waals surface area contributed by atoms with Crippen LogP contribution >= 0.6 is 11.3 Å². The van der Waals surface area contributed by atoms with Gasteiger partial charge < -0.3 is 9.47 Å². The second kappa shape index (κ2) is 13.8. The number of anilines is 3. The monoisotopic (exact) mass is 744 g/mol. The Balaban J connectivity index is 0.992. The quantitative estimate of drug-likeness (QED) is 0.158. The molecular formula is C54H36N2S. The highest BCUT2D eigenvalue weighted by molar-refractivity contribution is 7.25. The first kappa shape index (κ1) is 33.2. The average Bonchev–Trinajstić information content (AvgIpc) is 3.83. The molecule has 0 aliphatic carbocycles. The van der Waals surface area contributed by atoms with Crippen molar-refractivity contribution in [1.29, 1.82) is 0 Å². The lowest BCUT2D eigenvalue weighted by atomic mass is 9.95. The van der Waals surface area contributed by atoms with Gasteiger partial charge in [0.1, 0.15) is 0 Å². The van der Waals surface area contributed by atoms with Crippen molar-refractivity contribution in [1.82, 2.24) is 4.57 Å². The van der Waals surface area contributed by atoms with Crippen molar-refractivity contribution in [3.63, 3.8) is 0 Å². The molecule has 0 saturated heterocycles. The average molecular weight is 745 g/mol. The Morgan fingerprint density at radius 2 is 0.877 bits per heavy atom. The van der Waals surface area contributed by atoms with Gasteiger partial charge >= 0.3 is 0 Å². The van der Waals surface area contributed by atoms with Crippen LogP contribution in [0, 0.1) is 0 Å². The van der Waals surface area contributed by atoms with E-state index in [1.54, 1.807) is 0 Å². The minimum atomic E-state index is 1.11. The van der Waals surface area contributed by atoms with E-state index in [0.29, 0.717) is 0 Å². The molecular weight excluding hydrogens is 709 g/mol. The fraction of sp³-hybridized carbons (Fsp3) is 0. The number of rotatable bonds is 7. The van der Waals surface area contributed by atoms with Gasteiger partial charge in [-0.05, 0) is 106 Å². The number of nitrogens with zero attached hydrogens (tertiary/aromatic N) is 2. The molecule has 11 rings (SSSR count). The Hall–Kier alpha value is -7.20. The van der Waals surface area contributed by atoms with Gasteiger partial charge in [0.25, 0.3) is 0 Å². The molecule has 2 nitrogen and oxygen atoms in total. The molecule has 0 unspecified atom stereocenters. The number of para-hydroxylation sites is 2. The molecule has 0 spiro atoms. The summed E-state index contributed by atoms with van der Waals surface area (Å²) in [5, 5.41) is 5.14. The summed E-state index contributed by atoms with van der Waals surface area (Å²) in [6.07, 6.45) is 0. The van der Waals surface area contributed by atoms with Crippen LogP contribution in [0.25, 0.3) is 81.0 Å². The molecule has 11 aromatic rings. The molecule has 268 valence electrons. The number of benzene rings is 9. The number of hydrogen-bond acceptors (Lipinski definition) is 2. The van der Waals surface area contributed by atoms with Gasteiger partial charge in [0.2, 0.25) is 0 Å². The van der Waals surface area contributed by atoms with E-state index in [4.69, 9.17) is 0 Å². The van der Waals surface area contributed by atoms with Gasteiger partial charge in [-0.15, -0.1) is 11.3 Å². The fourth-order valence-electron chi connectivity index (χ4n) is 8.52. The van der Waals surface area contributed by atoms with Gasteiger partial charge in [-0.3, -0.25) is 0 Å². The van der Waals surface area contributed by atoms with Gasteiger partial charge in [-0.25, -0.2) is 0 Å². The maximum atomic E-state index is 2.39.